The van der Waals surface area contributed by atoms with Crippen molar-refractivity contribution in [1.29, 1.82) is 0 Å². The van der Waals surface area contributed by atoms with Crippen LogP contribution >= 0.6 is 0 Å². The SMILES string of the molecule is CNC(=O)N(O)C1N(C)C(=O)N(C)C1(C)C. The third-order valence-electron chi connectivity index (χ3n) is 3.11. The molecular weight excluding hydrogens is 212 g/mol. The zero-order chi connectivity index (χ0) is 12.7. The van der Waals surface area contributed by atoms with Crippen LogP contribution in [-0.4, -0.2) is 65.0 Å². The molecule has 7 nitrogen and oxygen atoms in total. The van der Waals surface area contributed by atoms with E-state index in [1.54, 1.807) is 27.9 Å². The summed E-state index contributed by atoms with van der Waals surface area (Å²) < 4.78 is 0. The summed E-state index contributed by atoms with van der Waals surface area (Å²) in [6, 6.07) is -0.883. The lowest BCUT2D eigenvalue weighted by Crippen LogP contribution is -2.57. The molecule has 7 heteroatoms. The van der Waals surface area contributed by atoms with E-state index in [-0.39, 0.29) is 6.03 Å². The van der Waals surface area contributed by atoms with Crippen LogP contribution in [0.3, 0.4) is 0 Å². The van der Waals surface area contributed by atoms with Gasteiger partial charge in [0.05, 0.1) is 5.54 Å². The van der Waals surface area contributed by atoms with Crippen molar-refractivity contribution in [1.82, 2.24) is 20.2 Å². The van der Waals surface area contributed by atoms with Crippen molar-refractivity contribution >= 4 is 12.1 Å². The van der Waals surface area contributed by atoms with Crippen LogP contribution in [0.1, 0.15) is 13.8 Å². The van der Waals surface area contributed by atoms with E-state index in [1.807, 2.05) is 0 Å². The fourth-order valence-corrected chi connectivity index (χ4v) is 1.92. The van der Waals surface area contributed by atoms with Crippen LogP contribution in [0, 0.1) is 0 Å². The van der Waals surface area contributed by atoms with Crippen LogP contribution in [0.5, 0.6) is 0 Å². The number of urea groups is 2. The molecule has 1 rings (SSSR count). The summed E-state index contributed by atoms with van der Waals surface area (Å²) in [6.07, 6.45) is -0.718. The molecule has 1 saturated heterocycles. The summed E-state index contributed by atoms with van der Waals surface area (Å²) in [7, 11) is 4.60. The summed E-state index contributed by atoms with van der Waals surface area (Å²) in [5.74, 6) is 0. The van der Waals surface area contributed by atoms with E-state index in [2.05, 4.69) is 5.32 Å². The predicted molar refractivity (Wildman–Crippen MR) is 56.9 cm³/mol. The quantitative estimate of drug-likeness (QED) is 0.496. The zero-order valence-corrected chi connectivity index (χ0v) is 10.2. The Morgan fingerprint density at radius 3 is 2.31 bits per heavy atom. The van der Waals surface area contributed by atoms with Crippen molar-refractivity contribution in [3.8, 4) is 0 Å². The van der Waals surface area contributed by atoms with Crippen molar-refractivity contribution in [3.05, 3.63) is 0 Å². The molecule has 1 heterocycles. The first-order chi connectivity index (χ1) is 7.25. The average molecular weight is 230 g/mol. The molecule has 1 aliphatic rings. The smallest absolute Gasteiger partial charge is 0.339 e. The first kappa shape index (κ1) is 12.6. The average Bonchev–Trinajstić information content (AvgIpc) is 2.38. The van der Waals surface area contributed by atoms with Crippen LogP contribution in [0.15, 0.2) is 0 Å². The number of hydroxylamine groups is 2. The second-order valence-corrected chi connectivity index (χ2v) is 4.38. The molecule has 0 bridgehead atoms. The number of nitrogens with one attached hydrogen (secondary N) is 1. The van der Waals surface area contributed by atoms with Crippen molar-refractivity contribution in [2.24, 2.45) is 0 Å². The summed E-state index contributed by atoms with van der Waals surface area (Å²) in [6.45, 7) is 3.57. The number of amides is 4. The maximum Gasteiger partial charge on any atom is 0.342 e. The van der Waals surface area contributed by atoms with Gasteiger partial charge in [-0.25, -0.2) is 9.59 Å². The second-order valence-electron chi connectivity index (χ2n) is 4.38. The van der Waals surface area contributed by atoms with Gasteiger partial charge in [0, 0.05) is 21.1 Å². The molecule has 0 aromatic rings. The van der Waals surface area contributed by atoms with Gasteiger partial charge in [-0.15, -0.1) is 0 Å². The van der Waals surface area contributed by atoms with Gasteiger partial charge >= 0.3 is 12.1 Å². The molecule has 0 saturated carbocycles. The third kappa shape index (κ3) is 1.57. The van der Waals surface area contributed by atoms with Crippen LogP contribution < -0.4 is 5.32 Å². The lowest BCUT2D eigenvalue weighted by Gasteiger charge is -2.36. The van der Waals surface area contributed by atoms with Crippen molar-refractivity contribution < 1.29 is 14.8 Å². The van der Waals surface area contributed by atoms with Crippen LogP contribution in [0.25, 0.3) is 0 Å². The second kappa shape index (κ2) is 3.82. The number of carbonyl (C=O) groups is 2. The highest BCUT2D eigenvalue weighted by Crippen LogP contribution is 2.31. The Hall–Kier alpha value is -1.50. The number of nitrogens with zero attached hydrogens (tertiary/aromatic N) is 3. The van der Waals surface area contributed by atoms with E-state index < -0.39 is 17.7 Å². The van der Waals surface area contributed by atoms with Gasteiger partial charge in [0.2, 0.25) is 0 Å². The van der Waals surface area contributed by atoms with Gasteiger partial charge in [-0.1, -0.05) is 0 Å². The largest absolute Gasteiger partial charge is 0.342 e. The molecule has 0 aromatic heterocycles. The number of carbonyl (C=O) groups excluding carboxylic acids is 2. The minimum Gasteiger partial charge on any atom is -0.339 e. The summed E-state index contributed by atoms with van der Waals surface area (Å²) >= 11 is 0. The Labute approximate surface area is 94.6 Å². The van der Waals surface area contributed by atoms with Gasteiger partial charge in [-0.05, 0) is 13.8 Å². The van der Waals surface area contributed by atoms with E-state index in [1.165, 1.54) is 16.8 Å². The Morgan fingerprint density at radius 1 is 1.50 bits per heavy atom. The Morgan fingerprint density at radius 2 is 2.00 bits per heavy atom. The maximum atomic E-state index is 11.7. The van der Waals surface area contributed by atoms with Gasteiger partial charge in [0.15, 0.2) is 6.17 Å². The normalized spacial score (nSPS) is 23.6. The lowest BCUT2D eigenvalue weighted by atomic mass is 10.0. The summed E-state index contributed by atoms with van der Waals surface area (Å²) in [4.78, 5) is 25.9. The fourth-order valence-electron chi connectivity index (χ4n) is 1.92. The standard InChI is InChI=1S/C9H18N4O3/c1-9(2)6(13(16)7(14)10-3)11(4)8(15)12(9)5/h6,16H,1-5H3,(H,10,14). The first-order valence-electron chi connectivity index (χ1n) is 4.95. The van der Waals surface area contributed by atoms with Crippen LogP contribution in [-0.2, 0) is 0 Å². The van der Waals surface area contributed by atoms with Crippen molar-refractivity contribution in [2.45, 2.75) is 25.6 Å². The molecule has 0 aromatic carbocycles. The van der Waals surface area contributed by atoms with Gasteiger partial charge < -0.3 is 15.1 Å². The van der Waals surface area contributed by atoms with Crippen LogP contribution in [0.4, 0.5) is 9.59 Å². The van der Waals surface area contributed by atoms with E-state index in [9.17, 15) is 14.8 Å². The number of hydrogen-bond donors (Lipinski definition) is 2. The van der Waals surface area contributed by atoms with E-state index in [0.717, 1.165) is 0 Å². The maximum absolute atomic E-state index is 11.7. The highest BCUT2D eigenvalue weighted by Gasteiger charge is 2.52. The zero-order valence-electron chi connectivity index (χ0n) is 10.2. The number of likely N-dealkylation sites (N-methyl/N-ethyl adjacent to an activating group) is 2. The highest BCUT2D eigenvalue weighted by molar-refractivity contribution is 5.80. The Bertz CT molecular complexity index is 318. The molecule has 0 spiro atoms. The number of rotatable bonds is 1. The van der Waals surface area contributed by atoms with E-state index in [0.29, 0.717) is 5.06 Å². The minimum absolute atomic E-state index is 0.238. The van der Waals surface area contributed by atoms with Gasteiger partial charge in [-0.3, -0.25) is 5.21 Å². The molecular formula is C9H18N4O3. The topological polar surface area (TPSA) is 76.1 Å². The molecule has 1 atom stereocenters. The first-order valence-corrected chi connectivity index (χ1v) is 4.95. The molecule has 0 radical (unpaired) electrons. The monoisotopic (exact) mass is 230 g/mol. The van der Waals surface area contributed by atoms with Gasteiger partial charge in [-0.2, -0.15) is 5.06 Å². The molecule has 16 heavy (non-hydrogen) atoms. The van der Waals surface area contributed by atoms with E-state index >= 15 is 0 Å². The van der Waals surface area contributed by atoms with Crippen molar-refractivity contribution in [3.63, 3.8) is 0 Å². The summed E-state index contributed by atoms with van der Waals surface area (Å²) in [5.41, 5.74) is -0.660. The Kier molecular flexibility index (Phi) is 3.00. The molecule has 92 valence electrons. The third-order valence-corrected chi connectivity index (χ3v) is 3.11. The van der Waals surface area contributed by atoms with E-state index in [4.69, 9.17) is 0 Å². The number of hydrogen-bond acceptors (Lipinski definition) is 3. The van der Waals surface area contributed by atoms with Crippen LogP contribution in [0.2, 0.25) is 0 Å². The molecule has 0 aliphatic carbocycles. The predicted octanol–water partition coefficient (Wildman–Crippen LogP) is 0.119. The minimum atomic E-state index is -0.718. The molecule has 4 amide bonds. The highest BCUT2D eigenvalue weighted by atomic mass is 16.5. The van der Waals surface area contributed by atoms with Gasteiger partial charge in [0.25, 0.3) is 0 Å². The fraction of sp³-hybridized carbons (Fsp3) is 0.778. The van der Waals surface area contributed by atoms with Gasteiger partial charge in [0.1, 0.15) is 0 Å². The summed E-state index contributed by atoms with van der Waals surface area (Å²) in [5, 5.41) is 12.6. The molecule has 2 N–H and O–H groups in total. The lowest BCUT2D eigenvalue weighted by molar-refractivity contribution is -0.128. The van der Waals surface area contributed by atoms with Crippen molar-refractivity contribution in [2.75, 3.05) is 21.1 Å². The molecule has 1 fully saturated rings. The molecule has 1 aliphatic heterocycles. The molecule has 1 unspecified atom stereocenters. The Balaban J connectivity index is 3.03.